The van der Waals surface area contributed by atoms with Crippen LogP contribution in [0.4, 0.5) is 10.2 Å². The van der Waals surface area contributed by atoms with Crippen LogP contribution < -0.4 is 11.1 Å². The number of nitrogens with one attached hydrogen (secondary N) is 1. The first-order valence-electron chi connectivity index (χ1n) is 14.4. The maximum atomic E-state index is 14.7. The van der Waals surface area contributed by atoms with Crippen LogP contribution in [0.3, 0.4) is 0 Å². The molecule has 3 aromatic heterocycles. The molecule has 14 heteroatoms. The summed E-state index contributed by atoms with van der Waals surface area (Å²) in [5.41, 5.74) is -0.118. The van der Waals surface area contributed by atoms with E-state index in [1.54, 1.807) is 17.8 Å². The minimum absolute atomic E-state index is 0.00259. The number of ether oxygens (including phenoxy) is 1. The molecule has 1 N–H and O–H groups in total. The Kier molecular flexibility index (Phi) is 8.48. The van der Waals surface area contributed by atoms with Crippen molar-refractivity contribution in [2.45, 2.75) is 123 Å². The van der Waals surface area contributed by atoms with E-state index in [0.29, 0.717) is 24.3 Å². The van der Waals surface area contributed by atoms with Crippen molar-refractivity contribution in [2.24, 2.45) is 0 Å². The SMILES string of the molecule is Cc1oc(=O)oc1CNc1nc(F)nc2c1ncn2[C@H]1CC(O[Si](C)(C)C(C)(C)C)[C@@](C)(CO[Si](C)(C)C(C)(C)C)O1. The predicted molar refractivity (Wildman–Crippen MR) is 163 cm³/mol. The number of aromatic nitrogens is 4. The average Bonchev–Trinajstić information content (AvgIpc) is 3.49. The number of fused-ring (bicyclic) bond motifs is 1. The second-order valence-corrected chi connectivity index (χ2v) is 24.1. The van der Waals surface area contributed by atoms with Crippen LogP contribution in [0.15, 0.2) is 20.0 Å². The Morgan fingerprint density at radius 3 is 2.31 bits per heavy atom. The molecule has 11 nitrogen and oxygen atoms in total. The molecule has 234 valence electrons. The van der Waals surface area contributed by atoms with E-state index in [4.69, 9.17) is 22.4 Å². The Bertz CT molecular complexity index is 1490. The second-order valence-electron chi connectivity index (χ2n) is 14.5. The van der Waals surface area contributed by atoms with Gasteiger partial charge in [0.25, 0.3) is 0 Å². The Morgan fingerprint density at radius 2 is 1.74 bits per heavy atom. The number of imidazole rings is 1. The van der Waals surface area contributed by atoms with Crippen LogP contribution in [0.1, 0.15) is 72.6 Å². The summed E-state index contributed by atoms with van der Waals surface area (Å²) in [6, 6.07) is 0. The van der Waals surface area contributed by atoms with Gasteiger partial charge in [-0.25, -0.2) is 9.78 Å². The fourth-order valence-corrected chi connectivity index (χ4v) is 6.82. The molecule has 4 heterocycles. The summed E-state index contributed by atoms with van der Waals surface area (Å²) in [6.45, 7) is 26.3. The lowest BCUT2D eigenvalue weighted by Crippen LogP contribution is -2.53. The van der Waals surface area contributed by atoms with Gasteiger partial charge in [-0.1, -0.05) is 41.5 Å². The van der Waals surface area contributed by atoms with Crippen molar-refractivity contribution < 1.29 is 26.8 Å². The van der Waals surface area contributed by atoms with Gasteiger partial charge in [0.15, 0.2) is 39.4 Å². The van der Waals surface area contributed by atoms with E-state index in [2.05, 4.69) is 88.0 Å². The lowest BCUT2D eigenvalue weighted by Gasteiger charge is -2.43. The maximum Gasteiger partial charge on any atom is 0.519 e. The van der Waals surface area contributed by atoms with Crippen molar-refractivity contribution in [3.05, 3.63) is 34.5 Å². The number of hydrogen-bond acceptors (Lipinski definition) is 10. The van der Waals surface area contributed by atoms with E-state index >= 15 is 0 Å². The molecule has 42 heavy (non-hydrogen) atoms. The molecule has 3 atom stereocenters. The molecule has 0 aromatic carbocycles. The first kappa shape index (κ1) is 32.5. The van der Waals surface area contributed by atoms with Crippen molar-refractivity contribution >= 4 is 33.6 Å². The molecule has 0 amide bonds. The lowest BCUT2D eigenvalue weighted by molar-refractivity contribution is -0.109. The summed E-state index contributed by atoms with van der Waals surface area (Å²) in [4.78, 5) is 23.9. The van der Waals surface area contributed by atoms with Gasteiger partial charge in [-0.3, -0.25) is 4.57 Å². The summed E-state index contributed by atoms with van der Waals surface area (Å²) in [6.07, 6.45) is 0.397. The summed E-state index contributed by atoms with van der Waals surface area (Å²) in [5, 5.41) is 3.02. The third-order valence-corrected chi connectivity index (χ3v) is 18.2. The number of halogens is 1. The van der Waals surface area contributed by atoms with Gasteiger partial charge in [0.05, 0.1) is 25.6 Å². The minimum Gasteiger partial charge on any atom is -0.414 e. The zero-order chi connectivity index (χ0) is 31.5. The van der Waals surface area contributed by atoms with Gasteiger partial charge in [0.2, 0.25) is 0 Å². The molecule has 1 aliphatic heterocycles. The predicted octanol–water partition coefficient (Wildman–Crippen LogP) is 6.52. The van der Waals surface area contributed by atoms with Gasteiger partial charge in [0, 0.05) is 6.42 Å². The van der Waals surface area contributed by atoms with Gasteiger partial charge in [-0.15, -0.1) is 0 Å². The van der Waals surface area contributed by atoms with Crippen molar-refractivity contribution in [2.75, 3.05) is 11.9 Å². The molecule has 0 radical (unpaired) electrons. The number of rotatable bonds is 9. The second kappa shape index (κ2) is 11.0. The summed E-state index contributed by atoms with van der Waals surface area (Å²) >= 11 is 0. The van der Waals surface area contributed by atoms with Crippen LogP contribution in [-0.2, 0) is 20.1 Å². The molecule has 0 aliphatic carbocycles. The summed E-state index contributed by atoms with van der Waals surface area (Å²) < 4.78 is 46.8. The summed E-state index contributed by atoms with van der Waals surface area (Å²) in [7, 11) is -4.27. The Balaban J connectivity index is 1.66. The van der Waals surface area contributed by atoms with Gasteiger partial charge in [-0.05, 0) is 50.1 Å². The number of aryl methyl sites for hydroxylation is 1. The van der Waals surface area contributed by atoms with Crippen molar-refractivity contribution in [3.8, 4) is 0 Å². The maximum absolute atomic E-state index is 14.7. The third-order valence-electron chi connectivity index (χ3n) is 9.23. The van der Waals surface area contributed by atoms with Crippen molar-refractivity contribution in [1.82, 2.24) is 19.5 Å². The highest BCUT2D eigenvalue weighted by atomic mass is 28.4. The third kappa shape index (κ3) is 6.42. The molecule has 1 aliphatic rings. The number of hydrogen-bond donors (Lipinski definition) is 1. The number of nitrogens with zero attached hydrogens (tertiary/aromatic N) is 4. The monoisotopic (exact) mass is 623 g/mol. The van der Waals surface area contributed by atoms with Crippen LogP contribution in [0.5, 0.6) is 0 Å². The van der Waals surface area contributed by atoms with Crippen molar-refractivity contribution in [3.63, 3.8) is 0 Å². The first-order valence-corrected chi connectivity index (χ1v) is 20.2. The Morgan fingerprint density at radius 1 is 1.10 bits per heavy atom. The first-order chi connectivity index (χ1) is 19.1. The summed E-state index contributed by atoms with van der Waals surface area (Å²) in [5.74, 6) is -0.0272. The molecular formula is C28H46FN5O6Si2. The van der Waals surface area contributed by atoms with Crippen LogP contribution in [-0.4, -0.2) is 54.5 Å². The molecule has 3 aromatic rings. The van der Waals surface area contributed by atoms with Gasteiger partial charge in [0.1, 0.15) is 17.6 Å². The standard InChI is InChI=1S/C28H46FN5O6Si2/c1-17-18(38-25(35)37-17)14-30-22-21-23(33-24(29)32-22)34(16-31-21)20-13-19(40-42(11,12)27(5,6)7)28(8,39-20)15-36-41(9,10)26(2,3)4/h16,19-20H,13-15H2,1-12H3,(H,30,32,33)/t19?,20-,28-/m1/s1. The van der Waals surface area contributed by atoms with Crippen molar-refractivity contribution in [1.29, 1.82) is 0 Å². The zero-order valence-electron chi connectivity index (χ0n) is 27.0. The zero-order valence-corrected chi connectivity index (χ0v) is 29.0. The fourth-order valence-electron chi connectivity index (χ4n) is 4.33. The highest BCUT2D eigenvalue weighted by molar-refractivity contribution is 6.74. The average molecular weight is 624 g/mol. The van der Waals surface area contributed by atoms with Crippen LogP contribution in [0.2, 0.25) is 36.3 Å². The van der Waals surface area contributed by atoms with Crippen LogP contribution in [0.25, 0.3) is 11.2 Å². The highest BCUT2D eigenvalue weighted by Gasteiger charge is 2.52. The van der Waals surface area contributed by atoms with Crippen LogP contribution in [0, 0.1) is 13.0 Å². The minimum atomic E-state index is -2.19. The van der Waals surface area contributed by atoms with E-state index in [0.717, 1.165) is 0 Å². The Labute approximate surface area is 248 Å². The molecule has 0 bridgehead atoms. The van der Waals surface area contributed by atoms with E-state index in [1.807, 2.05) is 6.92 Å². The molecule has 1 saturated heterocycles. The van der Waals surface area contributed by atoms with E-state index in [9.17, 15) is 9.18 Å². The smallest absolute Gasteiger partial charge is 0.414 e. The highest BCUT2D eigenvalue weighted by Crippen LogP contribution is 2.46. The van der Waals surface area contributed by atoms with E-state index < -0.39 is 40.4 Å². The van der Waals surface area contributed by atoms with Gasteiger partial charge < -0.3 is 27.7 Å². The molecule has 1 unspecified atom stereocenters. The van der Waals surface area contributed by atoms with E-state index in [1.165, 1.54) is 0 Å². The topological polar surface area (TPSA) is 127 Å². The number of anilines is 1. The fraction of sp³-hybridized carbons (Fsp3) is 0.714. The Hall–Kier alpha value is -2.40. The van der Waals surface area contributed by atoms with Gasteiger partial charge in [-0.2, -0.15) is 14.4 Å². The molecule has 0 saturated carbocycles. The normalized spacial score (nSPS) is 22.3. The van der Waals surface area contributed by atoms with E-state index in [-0.39, 0.29) is 40.0 Å². The lowest BCUT2D eigenvalue weighted by atomic mass is 10.0. The molecule has 1 fully saturated rings. The largest absolute Gasteiger partial charge is 0.519 e. The van der Waals surface area contributed by atoms with Gasteiger partial charge >= 0.3 is 11.9 Å². The molecule has 4 rings (SSSR count). The quantitative estimate of drug-likeness (QED) is 0.208. The molecule has 0 spiro atoms. The molecular weight excluding hydrogens is 578 g/mol. The van der Waals surface area contributed by atoms with Crippen LogP contribution >= 0.6 is 0 Å².